The molecule has 394 valence electrons. The van der Waals surface area contributed by atoms with Gasteiger partial charge in [-0.15, -0.1) is 22.7 Å². The van der Waals surface area contributed by atoms with Crippen LogP contribution in [0.3, 0.4) is 0 Å². The third-order valence-electron chi connectivity index (χ3n) is 17.2. The molecule has 0 spiro atoms. The molecule has 0 aliphatic heterocycles. The first-order valence-corrected chi connectivity index (χ1v) is 29.7. The number of hydrogen-bond donors (Lipinski definition) is 0. The monoisotopic (exact) mass is 1110 g/mol. The van der Waals surface area contributed by atoms with Crippen LogP contribution < -0.4 is 0 Å². The van der Waals surface area contributed by atoms with Crippen LogP contribution in [-0.4, -0.2) is 48.6 Å². The lowest BCUT2D eigenvalue weighted by Gasteiger charge is -2.29. The molecular formula is C72H44N10S2. The molecule has 0 fully saturated rings. The Bertz CT molecular complexity index is 5540. The Kier molecular flexibility index (Phi) is 10.2. The summed E-state index contributed by atoms with van der Waals surface area (Å²) in [4.78, 5) is 34.9. The minimum atomic E-state index is 0.144. The van der Waals surface area contributed by atoms with E-state index in [0.29, 0.717) is 17.6 Å². The van der Waals surface area contributed by atoms with Crippen molar-refractivity contribution < 1.29 is 0 Å². The number of benzene rings is 7. The number of allylic oxidation sites excluding steroid dienone is 4. The summed E-state index contributed by atoms with van der Waals surface area (Å²) in [5, 5.41) is 8.97. The lowest BCUT2D eigenvalue weighted by molar-refractivity contribution is 0.635. The fraction of sp³-hybridized carbons (Fsp3) is 0.0417. The molecule has 12 heteroatoms. The van der Waals surface area contributed by atoms with Crippen LogP contribution >= 0.6 is 22.7 Å². The van der Waals surface area contributed by atoms with Crippen LogP contribution in [-0.2, 0) is 0 Å². The van der Waals surface area contributed by atoms with E-state index >= 15 is 0 Å². The van der Waals surface area contributed by atoms with Crippen LogP contribution in [0.25, 0.3) is 157 Å². The van der Waals surface area contributed by atoms with Gasteiger partial charge in [0, 0.05) is 133 Å². The zero-order valence-corrected chi connectivity index (χ0v) is 46.6. The molecule has 84 heavy (non-hydrogen) atoms. The number of rotatable bonds is 7. The summed E-state index contributed by atoms with van der Waals surface area (Å²) in [5.74, 6) is 2.00. The van der Waals surface area contributed by atoms with Crippen molar-refractivity contribution >= 4 is 134 Å². The van der Waals surface area contributed by atoms with Gasteiger partial charge in [0.1, 0.15) is 0 Å². The Morgan fingerprint density at radius 1 is 0.417 bits per heavy atom. The molecule has 0 saturated heterocycles. The number of fused-ring (bicyclic) bond motifs is 15. The molecule has 0 saturated carbocycles. The standard InChI is InChI=1S/C72H44N10S2/c1-41-46(16-9-23-57(41)81-59-22-5-3-15-52(59)67-63(81)25-11-33-76-67)48-18-8-20-50-54-38-44(27-29-65(54)84-69(48)50)71-77-70(78-72(79-71)82-60-30-34-73-39-55(60)56-40-74-35-31-61(56)82)43-26-28-64-53(37-43)49-19-7-17-47(68(49)83-64)42-12-6-13-45(36-42)80-58-21-4-2-14-51(58)66-62(80)24-10-32-75-66/h2-41,46H,1H3. The van der Waals surface area contributed by atoms with Gasteiger partial charge in [-0.3, -0.25) is 24.5 Å². The molecule has 1 aliphatic carbocycles. The Balaban J connectivity index is 0.765. The van der Waals surface area contributed by atoms with Crippen molar-refractivity contribution in [2.45, 2.75) is 12.8 Å². The number of aromatic nitrogens is 10. The number of hydrogen-bond acceptors (Lipinski definition) is 9. The van der Waals surface area contributed by atoms with Gasteiger partial charge in [-0.2, -0.15) is 9.97 Å². The number of pyridine rings is 4. The van der Waals surface area contributed by atoms with Gasteiger partial charge in [-0.05, 0) is 120 Å². The SMILES string of the molecule is CC1C(n2c3ccccc3c3ncccc32)=CC=CC1c1cccc2c1sc1ccc(-c3nc(-c4ccc5sc6c(-c7cccc(-n8c9ccccc9c9ncccc98)c7)cccc6c5c4)nc(-n4c5ccncc5c5cnccc54)n3)cc12. The normalized spacial score (nSPS) is 14.8. The smallest absolute Gasteiger partial charge is 0.238 e. The van der Waals surface area contributed by atoms with E-state index in [-0.39, 0.29) is 11.8 Å². The van der Waals surface area contributed by atoms with Gasteiger partial charge < -0.3 is 9.13 Å². The molecule has 0 N–H and O–H groups in total. The van der Waals surface area contributed by atoms with E-state index < -0.39 is 0 Å². The number of nitrogens with zero attached hydrogens (tertiary/aromatic N) is 10. The highest BCUT2D eigenvalue weighted by Crippen LogP contribution is 2.47. The summed E-state index contributed by atoms with van der Waals surface area (Å²) in [7, 11) is 0. The topological polar surface area (TPSA) is 105 Å². The fourth-order valence-electron chi connectivity index (χ4n) is 13.4. The summed E-state index contributed by atoms with van der Waals surface area (Å²) < 4.78 is 11.8. The van der Waals surface area contributed by atoms with Crippen LogP contribution in [0, 0.1) is 5.92 Å². The van der Waals surface area contributed by atoms with Gasteiger partial charge >= 0.3 is 0 Å². The van der Waals surface area contributed by atoms with Gasteiger partial charge in [-0.25, -0.2) is 4.98 Å². The fourth-order valence-corrected chi connectivity index (χ4v) is 15.9. The van der Waals surface area contributed by atoms with Gasteiger partial charge in [0.15, 0.2) is 11.6 Å². The summed E-state index contributed by atoms with van der Waals surface area (Å²) in [6, 6.07) is 65.3. The molecule has 2 atom stereocenters. The second kappa shape index (κ2) is 18.2. The van der Waals surface area contributed by atoms with E-state index in [4.69, 9.17) is 24.9 Å². The van der Waals surface area contributed by atoms with Crippen molar-refractivity contribution in [3.05, 3.63) is 243 Å². The maximum atomic E-state index is 5.42. The van der Waals surface area contributed by atoms with Gasteiger partial charge in [-0.1, -0.05) is 104 Å². The molecular weight excluding hydrogens is 1070 g/mol. The average Bonchev–Trinajstić information content (AvgIpc) is 2.69. The first-order chi connectivity index (χ1) is 41.6. The van der Waals surface area contributed by atoms with Crippen LogP contribution in [0.2, 0.25) is 0 Å². The Morgan fingerprint density at radius 2 is 0.988 bits per heavy atom. The highest BCUT2D eigenvalue weighted by molar-refractivity contribution is 7.26. The van der Waals surface area contributed by atoms with E-state index in [0.717, 1.165) is 87.9 Å². The number of thiophene rings is 2. The van der Waals surface area contributed by atoms with Crippen molar-refractivity contribution in [3.63, 3.8) is 0 Å². The number of para-hydroxylation sites is 2. The molecule has 2 unspecified atom stereocenters. The Morgan fingerprint density at radius 3 is 1.68 bits per heavy atom. The molecule has 1 aliphatic rings. The quantitative estimate of drug-likeness (QED) is 0.157. The summed E-state index contributed by atoms with van der Waals surface area (Å²) in [5.41, 5.74) is 16.2. The highest BCUT2D eigenvalue weighted by Gasteiger charge is 2.29. The minimum absolute atomic E-state index is 0.144. The van der Waals surface area contributed by atoms with Crippen molar-refractivity contribution in [2.75, 3.05) is 0 Å². The molecule has 0 radical (unpaired) electrons. The largest absolute Gasteiger partial charge is 0.311 e. The molecule has 7 aromatic carbocycles. The van der Waals surface area contributed by atoms with Crippen LogP contribution in [0.5, 0.6) is 0 Å². The third kappa shape index (κ3) is 6.98. The first-order valence-electron chi connectivity index (χ1n) is 28.1. The molecule has 10 heterocycles. The molecule has 18 rings (SSSR count). The van der Waals surface area contributed by atoms with Crippen molar-refractivity contribution in [2.24, 2.45) is 5.92 Å². The lowest BCUT2D eigenvalue weighted by Crippen LogP contribution is -2.16. The van der Waals surface area contributed by atoms with E-state index in [2.05, 4.69) is 207 Å². The van der Waals surface area contributed by atoms with Crippen LogP contribution in [0.15, 0.2) is 237 Å². The van der Waals surface area contributed by atoms with E-state index in [1.807, 2.05) is 84.1 Å². The summed E-state index contributed by atoms with van der Waals surface area (Å²) in [6.07, 6.45) is 18.1. The highest BCUT2D eigenvalue weighted by atomic mass is 32.1. The lowest BCUT2D eigenvalue weighted by atomic mass is 9.81. The van der Waals surface area contributed by atoms with Gasteiger partial charge in [0.25, 0.3) is 0 Å². The Hall–Kier alpha value is -10.5. The summed E-state index contributed by atoms with van der Waals surface area (Å²) >= 11 is 3.67. The molecule has 0 bridgehead atoms. The van der Waals surface area contributed by atoms with Gasteiger partial charge in [0.2, 0.25) is 5.95 Å². The van der Waals surface area contributed by atoms with E-state index in [9.17, 15) is 0 Å². The molecule has 10 aromatic heterocycles. The van der Waals surface area contributed by atoms with E-state index in [1.54, 1.807) is 0 Å². The zero-order valence-electron chi connectivity index (χ0n) is 45.0. The van der Waals surface area contributed by atoms with Crippen molar-refractivity contribution in [1.82, 2.24) is 48.6 Å². The second-order valence-electron chi connectivity index (χ2n) is 21.7. The maximum absolute atomic E-state index is 5.42. The molecule has 10 nitrogen and oxygen atoms in total. The predicted molar refractivity (Wildman–Crippen MR) is 347 cm³/mol. The molecule has 17 aromatic rings. The van der Waals surface area contributed by atoms with E-state index in [1.165, 1.54) is 57.3 Å². The van der Waals surface area contributed by atoms with Crippen molar-refractivity contribution in [3.8, 4) is 45.5 Å². The average molecular weight is 1110 g/mol. The maximum Gasteiger partial charge on any atom is 0.238 e. The first kappa shape index (κ1) is 47.1. The minimum Gasteiger partial charge on any atom is -0.311 e. The molecule has 0 amide bonds. The van der Waals surface area contributed by atoms with Gasteiger partial charge in [0.05, 0.1) is 44.1 Å². The third-order valence-corrected chi connectivity index (χ3v) is 19.7. The second-order valence-corrected chi connectivity index (χ2v) is 23.8. The Labute approximate surface area is 487 Å². The van der Waals surface area contributed by atoms with Crippen molar-refractivity contribution in [1.29, 1.82) is 0 Å². The predicted octanol–water partition coefficient (Wildman–Crippen LogP) is 18.3. The van der Waals surface area contributed by atoms with Crippen LogP contribution in [0.4, 0.5) is 0 Å². The van der Waals surface area contributed by atoms with Crippen LogP contribution in [0.1, 0.15) is 18.4 Å². The summed E-state index contributed by atoms with van der Waals surface area (Å²) in [6.45, 7) is 2.36. The zero-order chi connectivity index (χ0) is 55.1.